The van der Waals surface area contributed by atoms with E-state index in [9.17, 15) is 0 Å². The van der Waals surface area contributed by atoms with Crippen molar-refractivity contribution < 1.29 is 0 Å². The zero-order valence-corrected chi connectivity index (χ0v) is 27.7. The Morgan fingerprint density at radius 1 is 0.722 bits per heavy atom. The van der Waals surface area contributed by atoms with Crippen LogP contribution >= 0.6 is 0 Å². The van der Waals surface area contributed by atoms with Gasteiger partial charge in [-0.25, -0.2) is 0 Å². The molecule has 0 saturated heterocycles. The number of hydrogen-bond donors (Lipinski definition) is 1. The standard InChI is InChI=1S/C22H45N.C9H20.C4H10/c1-8-10-11-20-17(4)12-13-21(23)19(6)16(3)14-15-22(20,7)18(5)9-2;1-4-5-6-7-8-9(2)3;1-3-4-2/h16-21H,8-15,23H2,1-7H3;9H,4-8H2,1-3H3;3-4H2,1-2H3/t16?,17?,18-,19?,20?,21?,22?;;/m1../s1. The van der Waals surface area contributed by atoms with Crippen LogP contribution in [-0.4, -0.2) is 6.04 Å². The van der Waals surface area contributed by atoms with Crippen molar-refractivity contribution in [2.45, 2.75) is 185 Å². The molecule has 1 aliphatic rings. The van der Waals surface area contributed by atoms with Crippen molar-refractivity contribution in [1.82, 2.24) is 0 Å². The molecule has 36 heavy (non-hydrogen) atoms. The molecule has 1 saturated carbocycles. The van der Waals surface area contributed by atoms with Crippen molar-refractivity contribution in [3.05, 3.63) is 0 Å². The molecular weight excluding hydrogens is 434 g/mol. The first kappa shape index (κ1) is 38.1. The maximum Gasteiger partial charge on any atom is 0.00671 e. The third-order valence-electron chi connectivity index (χ3n) is 9.94. The first-order chi connectivity index (χ1) is 17.0. The molecule has 0 amide bonds. The molecule has 2 N–H and O–H groups in total. The lowest BCUT2D eigenvalue weighted by Gasteiger charge is -2.48. The van der Waals surface area contributed by atoms with Gasteiger partial charge in [0.25, 0.3) is 0 Å². The summed E-state index contributed by atoms with van der Waals surface area (Å²) in [6.07, 6.45) is 20.4. The Morgan fingerprint density at radius 2 is 1.31 bits per heavy atom. The van der Waals surface area contributed by atoms with Crippen molar-refractivity contribution in [2.24, 2.45) is 46.7 Å². The van der Waals surface area contributed by atoms with E-state index >= 15 is 0 Å². The molecule has 0 aromatic heterocycles. The fourth-order valence-corrected chi connectivity index (χ4v) is 6.07. The monoisotopic (exact) mass is 510 g/mol. The van der Waals surface area contributed by atoms with E-state index < -0.39 is 0 Å². The number of nitrogens with two attached hydrogens (primary N) is 1. The van der Waals surface area contributed by atoms with Crippen LogP contribution in [-0.2, 0) is 0 Å². The van der Waals surface area contributed by atoms with E-state index in [0.717, 1.165) is 29.6 Å². The summed E-state index contributed by atoms with van der Waals surface area (Å²) in [7, 11) is 0. The summed E-state index contributed by atoms with van der Waals surface area (Å²) in [5.74, 6) is 4.82. The quantitative estimate of drug-likeness (QED) is 0.275. The third kappa shape index (κ3) is 16.0. The fourth-order valence-electron chi connectivity index (χ4n) is 6.07. The van der Waals surface area contributed by atoms with Gasteiger partial charge in [0.05, 0.1) is 0 Å². The molecule has 1 rings (SSSR count). The van der Waals surface area contributed by atoms with Gasteiger partial charge in [-0.15, -0.1) is 0 Å². The van der Waals surface area contributed by atoms with Crippen LogP contribution in [0.5, 0.6) is 0 Å². The van der Waals surface area contributed by atoms with Crippen LogP contribution in [0.15, 0.2) is 0 Å². The highest BCUT2D eigenvalue weighted by molar-refractivity contribution is 4.91. The summed E-state index contributed by atoms with van der Waals surface area (Å²) < 4.78 is 0. The van der Waals surface area contributed by atoms with Crippen LogP contribution in [0, 0.1) is 40.9 Å². The number of hydrogen-bond acceptors (Lipinski definition) is 1. The molecular formula is C35H75N. The highest BCUT2D eigenvalue weighted by Gasteiger charge is 2.41. The summed E-state index contributed by atoms with van der Waals surface area (Å²) >= 11 is 0. The maximum atomic E-state index is 6.52. The zero-order chi connectivity index (χ0) is 28.1. The fraction of sp³-hybridized carbons (Fsp3) is 1.00. The van der Waals surface area contributed by atoms with Crippen molar-refractivity contribution in [2.75, 3.05) is 0 Å². The van der Waals surface area contributed by atoms with Gasteiger partial charge in [0.15, 0.2) is 0 Å². The van der Waals surface area contributed by atoms with Gasteiger partial charge >= 0.3 is 0 Å². The molecule has 0 aliphatic heterocycles. The third-order valence-corrected chi connectivity index (χ3v) is 9.94. The first-order valence-electron chi connectivity index (χ1n) is 16.7. The molecule has 1 fully saturated rings. The second-order valence-corrected chi connectivity index (χ2v) is 13.4. The zero-order valence-electron chi connectivity index (χ0n) is 27.7. The Hall–Kier alpha value is -0.0400. The Balaban J connectivity index is 0. The van der Waals surface area contributed by atoms with Crippen LogP contribution in [0.1, 0.15) is 179 Å². The average Bonchev–Trinajstić information content (AvgIpc) is 2.87. The second kappa shape index (κ2) is 22.9. The van der Waals surface area contributed by atoms with E-state index in [4.69, 9.17) is 5.73 Å². The van der Waals surface area contributed by atoms with Gasteiger partial charge in [0.2, 0.25) is 0 Å². The largest absolute Gasteiger partial charge is 0.327 e. The number of rotatable bonds is 11. The molecule has 6 unspecified atom stereocenters. The van der Waals surface area contributed by atoms with E-state index in [1.165, 1.54) is 96.3 Å². The lowest BCUT2D eigenvalue weighted by Crippen LogP contribution is -2.41. The first-order valence-corrected chi connectivity index (χ1v) is 16.7. The summed E-state index contributed by atoms with van der Waals surface area (Å²) in [5, 5.41) is 0. The molecule has 0 aromatic rings. The van der Waals surface area contributed by atoms with E-state index in [1.54, 1.807) is 0 Å². The minimum atomic E-state index is 0.396. The molecule has 1 heteroatoms. The Labute approximate surface area is 231 Å². The SMILES string of the molecule is CCCC.CCCCC1C(C)CCC(N)C(C)C(C)CCC1(C)[C@H](C)CC.CCCCCCC(C)C. The van der Waals surface area contributed by atoms with Crippen LogP contribution in [0.2, 0.25) is 0 Å². The van der Waals surface area contributed by atoms with Crippen molar-refractivity contribution in [1.29, 1.82) is 0 Å². The Bertz CT molecular complexity index is 456. The van der Waals surface area contributed by atoms with Crippen LogP contribution < -0.4 is 5.73 Å². The van der Waals surface area contributed by atoms with Crippen LogP contribution in [0.25, 0.3) is 0 Å². The smallest absolute Gasteiger partial charge is 0.00671 e. The number of unbranched alkanes of at least 4 members (excludes halogenated alkanes) is 5. The van der Waals surface area contributed by atoms with Gasteiger partial charge < -0.3 is 5.73 Å². The van der Waals surface area contributed by atoms with E-state index in [0.29, 0.717) is 17.4 Å². The van der Waals surface area contributed by atoms with E-state index in [-0.39, 0.29) is 0 Å². The van der Waals surface area contributed by atoms with Gasteiger partial charge in [-0.3, -0.25) is 0 Å². The minimum absolute atomic E-state index is 0.396. The molecule has 0 radical (unpaired) electrons. The van der Waals surface area contributed by atoms with Crippen LogP contribution in [0.3, 0.4) is 0 Å². The lowest BCUT2D eigenvalue weighted by molar-refractivity contribution is 0.0229. The summed E-state index contributed by atoms with van der Waals surface area (Å²) in [6, 6.07) is 0.396. The second-order valence-electron chi connectivity index (χ2n) is 13.4. The van der Waals surface area contributed by atoms with Gasteiger partial charge in [-0.2, -0.15) is 0 Å². The molecule has 1 aliphatic carbocycles. The van der Waals surface area contributed by atoms with Crippen LogP contribution in [0.4, 0.5) is 0 Å². The van der Waals surface area contributed by atoms with Gasteiger partial charge in [0.1, 0.15) is 0 Å². The highest BCUT2D eigenvalue weighted by Crippen LogP contribution is 2.50. The van der Waals surface area contributed by atoms with Gasteiger partial charge in [0, 0.05) is 6.04 Å². The molecule has 1 nitrogen and oxygen atoms in total. The summed E-state index contributed by atoms with van der Waals surface area (Å²) in [5.41, 5.74) is 7.02. The maximum absolute atomic E-state index is 6.52. The van der Waals surface area contributed by atoms with Crippen molar-refractivity contribution >= 4 is 0 Å². The summed E-state index contributed by atoms with van der Waals surface area (Å²) in [6.45, 7) is 28.4. The lowest BCUT2D eigenvalue weighted by atomic mass is 9.58. The van der Waals surface area contributed by atoms with Crippen molar-refractivity contribution in [3.8, 4) is 0 Å². The molecule has 0 bridgehead atoms. The van der Waals surface area contributed by atoms with E-state index in [2.05, 4.69) is 83.1 Å². The normalized spacial score (nSPS) is 30.0. The van der Waals surface area contributed by atoms with Gasteiger partial charge in [-0.05, 0) is 73.0 Å². The van der Waals surface area contributed by atoms with E-state index in [1.807, 2.05) is 0 Å². The Kier molecular flexibility index (Phi) is 24.2. The molecule has 220 valence electrons. The molecule has 0 spiro atoms. The molecule has 0 heterocycles. The topological polar surface area (TPSA) is 26.0 Å². The predicted molar refractivity (Wildman–Crippen MR) is 169 cm³/mol. The van der Waals surface area contributed by atoms with Crippen molar-refractivity contribution in [3.63, 3.8) is 0 Å². The Morgan fingerprint density at radius 3 is 1.78 bits per heavy atom. The molecule has 0 aromatic carbocycles. The average molecular weight is 510 g/mol. The van der Waals surface area contributed by atoms with Gasteiger partial charge in [-0.1, -0.05) is 147 Å². The minimum Gasteiger partial charge on any atom is -0.327 e. The highest BCUT2D eigenvalue weighted by atomic mass is 14.7. The predicted octanol–water partition coefficient (Wildman–Crippen LogP) is 12.1. The molecule has 7 atom stereocenters. The summed E-state index contributed by atoms with van der Waals surface area (Å²) in [4.78, 5) is 0.